The molecule has 3 heterocycles. The Labute approximate surface area is 237 Å². The fourth-order valence-corrected chi connectivity index (χ4v) is 8.37. The van der Waals surface area contributed by atoms with Gasteiger partial charge >= 0.3 is 0 Å². The Morgan fingerprint density at radius 3 is 2.51 bits per heavy atom. The van der Waals surface area contributed by atoms with Crippen LogP contribution in [0.1, 0.15) is 60.2 Å². The van der Waals surface area contributed by atoms with Crippen molar-refractivity contribution >= 4 is 14.0 Å². The zero-order chi connectivity index (χ0) is 27.6. The van der Waals surface area contributed by atoms with Crippen LogP contribution in [-0.2, 0) is 6.42 Å². The third-order valence-electron chi connectivity index (χ3n) is 8.89. The van der Waals surface area contributed by atoms with Crippen molar-refractivity contribution in [2.75, 3.05) is 39.1 Å². The predicted molar refractivity (Wildman–Crippen MR) is 168 cm³/mol. The highest BCUT2D eigenvalue weighted by Crippen LogP contribution is 2.53. The molecule has 4 nitrogen and oxygen atoms in total. The van der Waals surface area contributed by atoms with Crippen molar-refractivity contribution in [3.05, 3.63) is 101 Å². The van der Waals surface area contributed by atoms with E-state index in [4.69, 9.17) is 6.58 Å². The number of aryl methyl sites for hydroxylation is 3. The van der Waals surface area contributed by atoms with Crippen molar-refractivity contribution in [3.8, 4) is 5.69 Å². The molecule has 0 amide bonds. The van der Waals surface area contributed by atoms with E-state index in [-0.39, 0.29) is 14.0 Å². The molecular weight excluding hydrogens is 495 g/mol. The van der Waals surface area contributed by atoms with Crippen LogP contribution >= 0.6 is 7.92 Å². The standard InChI is InChI=1S/C34H45N4P/c1-7-29-18-28(10-13-32(29)37-22-26(3)36-24-37)19-31-20-34(14-16-39(6)17-15-34)23-38(27(31)4)33(21-35-5)30-11-8-25(2)9-12-30/h8-13,18-19,22,24,33,35H,4,7,14-17,20-21,23H2,1-3,5-6H3/b31-19+. The number of hydrogen-bond donors (Lipinski definition) is 1. The van der Waals surface area contributed by atoms with Crippen LogP contribution in [0, 0.1) is 19.3 Å². The predicted octanol–water partition coefficient (Wildman–Crippen LogP) is 7.51. The van der Waals surface area contributed by atoms with Crippen LogP contribution in [0.4, 0.5) is 0 Å². The average Bonchev–Trinajstić information content (AvgIpc) is 3.37. The maximum atomic E-state index is 4.74. The second kappa shape index (κ2) is 11.8. The van der Waals surface area contributed by atoms with Gasteiger partial charge in [0, 0.05) is 30.7 Å². The van der Waals surface area contributed by atoms with Crippen molar-refractivity contribution in [2.24, 2.45) is 5.41 Å². The molecule has 0 bridgehead atoms. The molecule has 2 fully saturated rings. The van der Waals surface area contributed by atoms with E-state index in [0.717, 1.165) is 31.6 Å². The lowest BCUT2D eigenvalue weighted by Crippen LogP contribution is -2.48. The second-order valence-corrected chi connectivity index (χ2v) is 14.5. The first-order valence-electron chi connectivity index (χ1n) is 14.5. The van der Waals surface area contributed by atoms with E-state index < -0.39 is 0 Å². The number of hydrogen-bond acceptors (Lipinski definition) is 3. The van der Waals surface area contributed by atoms with Gasteiger partial charge in [0.1, 0.15) is 0 Å². The number of nitrogens with zero attached hydrogens (tertiary/aromatic N) is 3. The van der Waals surface area contributed by atoms with Gasteiger partial charge < -0.3 is 14.8 Å². The Kier molecular flexibility index (Phi) is 8.45. The summed E-state index contributed by atoms with van der Waals surface area (Å²) in [4.78, 5) is 7.09. The van der Waals surface area contributed by atoms with E-state index in [1.165, 1.54) is 64.4 Å². The Hall–Kier alpha value is -2.68. The van der Waals surface area contributed by atoms with Gasteiger partial charge in [-0.15, -0.1) is 7.92 Å². The summed E-state index contributed by atoms with van der Waals surface area (Å²) in [6.07, 6.45) is 14.0. The Morgan fingerprint density at radius 2 is 1.87 bits per heavy atom. The molecule has 0 radical (unpaired) electrons. The van der Waals surface area contributed by atoms with E-state index in [2.05, 4.69) is 102 Å². The number of likely N-dealkylation sites (tertiary alicyclic amines) is 1. The van der Waals surface area contributed by atoms with Gasteiger partial charge in [-0.2, -0.15) is 0 Å². The van der Waals surface area contributed by atoms with Gasteiger partial charge in [0.2, 0.25) is 0 Å². The molecule has 3 aromatic rings. The van der Waals surface area contributed by atoms with Crippen molar-refractivity contribution in [1.82, 2.24) is 19.8 Å². The summed E-state index contributed by atoms with van der Waals surface area (Å²) in [5.74, 6) is 0. The maximum Gasteiger partial charge on any atom is 0.0995 e. The normalized spacial score (nSPS) is 23.5. The number of rotatable bonds is 7. The SMILES string of the molecule is C=C1/C(=C/c2ccc(-n3cnc(C)c3)c(CC)c2)CC2(CCP(C)CC2)CN1C(CNC)c1ccc(C)cc1. The number of likely N-dealkylation sites (N-methyl/N-ethyl adjacent to an activating group) is 1. The minimum absolute atomic E-state index is 0.189. The van der Waals surface area contributed by atoms with Crippen molar-refractivity contribution in [3.63, 3.8) is 0 Å². The summed E-state index contributed by atoms with van der Waals surface area (Å²) in [5, 5.41) is 3.49. The summed E-state index contributed by atoms with van der Waals surface area (Å²) in [6, 6.07) is 16.3. The second-order valence-electron chi connectivity index (χ2n) is 11.9. The quantitative estimate of drug-likeness (QED) is 0.315. The summed E-state index contributed by atoms with van der Waals surface area (Å²) >= 11 is 0. The monoisotopic (exact) mass is 540 g/mol. The number of benzene rings is 2. The first-order valence-corrected chi connectivity index (χ1v) is 16.7. The van der Waals surface area contributed by atoms with Gasteiger partial charge in [-0.05, 0) is 111 Å². The Bertz CT molecular complexity index is 1330. The number of allylic oxidation sites excluding steroid dienone is 1. The third-order valence-corrected chi connectivity index (χ3v) is 10.9. The van der Waals surface area contributed by atoms with E-state index in [9.17, 15) is 0 Å². The summed E-state index contributed by atoms with van der Waals surface area (Å²) in [7, 11) is 2.26. The fourth-order valence-electron chi connectivity index (χ4n) is 6.44. The van der Waals surface area contributed by atoms with Crippen LogP contribution in [0.25, 0.3) is 11.8 Å². The molecule has 206 valence electrons. The maximum absolute atomic E-state index is 4.74. The van der Waals surface area contributed by atoms with Crippen LogP contribution in [0.15, 0.2) is 72.8 Å². The molecule has 1 atom stereocenters. The van der Waals surface area contributed by atoms with Gasteiger partial charge in [0.05, 0.1) is 18.1 Å². The summed E-state index contributed by atoms with van der Waals surface area (Å²) in [6.45, 7) is 15.7. The zero-order valence-corrected chi connectivity index (χ0v) is 25.4. The highest BCUT2D eigenvalue weighted by molar-refractivity contribution is 7.56. The first kappa shape index (κ1) is 27.9. The lowest BCUT2D eigenvalue weighted by Gasteiger charge is -2.51. The molecule has 39 heavy (non-hydrogen) atoms. The van der Waals surface area contributed by atoms with Gasteiger partial charge in [-0.25, -0.2) is 4.98 Å². The van der Waals surface area contributed by atoms with E-state index >= 15 is 0 Å². The zero-order valence-electron chi connectivity index (χ0n) is 24.5. The molecule has 5 heteroatoms. The first-order chi connectivity index (χ1) is 18.8. The molecule has 2 aliphatic heterocycles. The summed E-state index contributed by atoms with van der Waals surface area (Å²) in [5.41, 5.74) is 10.5. The minimum atomic E-state index is 0.189. The minimum Gasteiger partial charge on any atom is -0.363 e. The van der Waals surface area contributed by atoms with Crippen molar-refractivity contribution < 1.29 is 0 Å². The number of piperidine rings is 1. The molecule has 0 saturated carbocycles. The Morgan fingerprint density at radius 1 is 1.13 bits per heavy atom. The Balaban J connectivity index is 1.53. The molecule has 2 saturated heterocycles. The van der Waals surface area contributed by atoms with E-state index in [0.29, 0.717) is 5.41 Å². The summed E-state index contributed by atoms with van der Waals surface area (Å²) < 4.78 is 2.15. The largest absolute Gasteiger partial charge is 0.363 e. The molecule has 1 spiro atoms. The van der Waals surface area contributed by atoms with Gasteiger partial charge in [-0.1, -0.05) is 49.4 Å². The van der Waals surface area contributed by atoms with Crippen molar-refractivity contribution in [2.45, 2.75) is 52.5 Å². The fraction of sp³-hybridized carbons (Fsp3) is 0.441. The van der Waals surface area contributed by atoms with Crippen molar-refractivity contribution in [1.29, 1.82) is 0 Å². The lowest BCUT2D eigenvalue weighted by molar-refractivity contribution is 0.107. The van der Waals surface area contributed by atoms with E-state index in [1.807, 2.05) is 13.3 Å². The molecule has 2 aromatic carbocycles. The smallest absolute Gasteiger partial charge is 0.0995 e. The molecular formula is C34H45N4P. The van der Waals surface area contributed by atoms with Crippen LogP contribution in [0.3, 0.4) is 0 Å². The van der Waals surface area contributed by atoms with Gasteiger partial charge in [0.25, 0.3) is 0 Å². The van der Waals surface area contributed by atoms with Gasteiger partial charge in [-0.3, -0.25) is 0 Å². The van der Waals surface area contributed by atoms with Gasteiger partial charge in [0.15, 0.2) is 0 Å². The topological polar surface area (TPSA) is 33.1 Å². The molecule has 1 aromatic heterocycles. The molecule has 1 unspecified atom stereocenters. The number of nitrogens with one attached hydrogen (secondary N) is 1. The molecule has 2 aliphatic rings. The lowest BCUT2D eigenvalue weighted by atomic mass is 9.71. The highest BCUT2D eigenvalue weighted by Gasteiger charge is 2.42. The molecule has 0 aliphatic carbocycles. The molecule has 1 N–H and O–H groups in total. The highest BCUT2D eigenvalue weighted by atomic mass is 31.1. The number of imidazole rings is 1. The average molecular weight is 541 g/mol. The van der Waals surface area contributed by atoms with Crippen LogP contribution in [-0.4, -0.2) is 53.6 Å². The number of aromatic nitrogens is 2. The third kappa shape index (κ3) is 6.08. The van der Waals surface area contributed by atoms with Crippen LogP contribution < -0.4 is 5.32 Å². The van der Waals surface area contributed by atoms with E-state index in [1.54, 1.807) is 0 Å². The molecule has 5 rings (SSSR count). The van der Waals surface area contributed by atoms with Crippen LogP contribution in [0.2, 0.25) is 0 Å². The van der Waals surface area contributed by atoms with Crippen LogP contribution in [0.5, 0.6) is 0 Å².